The summed E-state index contributed by atoms with van der Waals surface area (Å²) in [5, 5.41) is 5.10. The lowest BCUT2D eigenvalue weighted by Gasteiger charge is -2.24. The minimum Gasteiger partial charge on any atom is -0.326 e. The van der Waals surface area contributed by atoms with E-state index in [1.165, 1.54) is 0 Å². The van der Waals surface area contributed by atoms with Crippen LogP contribution >= 0.6 is 34.2 Å². The van der Waals surface area contributed by atoms with Crippen molar-refractivity contribution in [3.63, 3.8) is 0 Å². The van der Waals surface area contributed by atoms with E-state index in [0.29, 0.717) is 0 Å². The maximum atomic E-state index is 6.23. The van der Waals surface area contributed by atoms with Crippen molar-refractivity contribution in [1.29, 1.82) is 0 Å². The van der Waals surface area contributed by atoms with Gasteiger partial charge in [0.1, 0.15) is 0 Å². The lowest BCUT2D eigenvalue weighted by molar-refractivity contribution is 0.424. The van der Waals surface area contributed by atoms with Crippen LogP contribution in [-0.2, 0) is 0 Å². The standard InChI is InChI=1S/C13H15ClIN3/c1-2-12(16)13(18-8-11(15)7-17-18)9-4-3-5-10(14)6-9/h3-8,12-13H,2,16H2,1H3. The number of rotatable bonds is 4. The fourth-order valence-corrected chi connectivity index (χ4v) is 2.59. The van der Waals surface area contributed by atoms with Crippen LogP contribution in [-0.4, -0.2) is 15.8 Å². The van der Waals surface area contributed by atoms with Gasteiger partial charge >= 0.3 is 0 Å². The minimum absolute atomic E-state index is 0.0131. The number of nitrogens with two attached hydrogens (primary N) is 1. The first-order chi connectivity index (χ1) is 8.61. The Morgan fingerprint density at radius 3 is 2.83 bits per heavy atom. The summed E-state index contributed by atoms with van der Waals surface area (Å²) in [6, 6.07) is 7.85. The largest absolute Gasteiger partial charge is 0.326 e. The molecule has 0 radical (unpaired) electrons. The Balaban J connectivity index is 2.43. The molecule has 5 heteroatoms. The molecule has 2 unspecified atom stereocenters. The summed E-state index contributed by atoms with van der Waals surface area (Å²) in [7, 11) is 0. The molecule has 2 aromatic rings. The number of nitrogens with zero attached hydrogens (tertiary/aromatic N) is 2. The molecule has 1 aromatic heterocycles. The van der Waals surface area contributed by atoms with E-state index in [1.54, 1.807) is 0 Å². The monoisotopic (exact) mass is 375 g/mol. The van der Waals surface area contributed by atoms with Crippen LogP contribution in [0.2, 0.25) is 5.02 Å². The van der Waals surface area contributed by atoms with Crippen molar-refractivity contribution in [2.24, 2.45) is 5.73 Å². The summed E-state index contributed by atoms with van der Waals surface area (Å²) in [6.45, 7) is 2.08. The molecule has 1 heterocycles. The third kappa shape index (κ3) is 3.05. The van der Waals surface area contributed by atoms with Crippen LogP contribution in [0.3, 0.4) is 0 Å². The fourth-order valence-electron chi connectivity index (χ4n) is 1.98. The second-order valence-corrected chi connectivity index (χ2v) is 5.89. The van der Waals surface area contributed by atoms with Crippen LogP contribution in [0.25, 0.3) is 0 Å². The Kier molecular flexibility index (Phi) is 4.64. The zero-order valence-corrected chi connectivity index (χ0v) is 13.0. The molecule has 18 heavy (non-hydrogen) atoms. The molecule has 1 aromatic carbocycles. The minimum atomic E-state index is 0.0131. The van der Waals surface area contributed by atoms with Crippen LogP contribution in [0.1, 0.15) is 24.9 Å². The average Bonchev–Trinajstić information content (AvgIpc) is 2.76. The van der Waals surface area contributed by atoms with Crippen molar-refractivity contribution in [1.82, 2.24) is 9.78 Å². The number of benzene rings is 1. The van der Waals surface area contributed by atoms with Crippen molar-refractivity contribution < 1.29 is 0 Å². The summed E-state index contributed by atoms with van der Waals surface area (Å²) in [4.78, 5) is 0. The molecule has 0 fully saturated rings. The highest BCUT2D eigenvalue weighted by Crippen LogP contribution is 2.25. The van der Waals surface area contributed by atoms with Crippen LogP contribution in [0.5, 0.6) is 0 Å². The van der Waals surface area contributed by atoms with Crippen LogP contribution in [0.15, 0.2) is 36.7 Å². The van der Waals surface area contributed by atoms with Crippen LogP contribution < -0.4 is 5.73 Å². The molecule has 3 nitrogen and oxygen atoms in total. The summed E-state index contributed by atoms with van der Waals surface area (Å²) >= 11 is 8.30. The van der Waals surface area contributed by atoms with E-state index in [-0.39, 0.29) is 12.1 Å². The van der Waals surface area contributed by atoms with Crippen LogP contribution in [0, 0.1) is 3.57 Å². The Labute approximate surface area is 125 Å². The molecule has 0 bridgehead atoms. The van der Waals surface area contributed by atoms with Gasteiger partial charge in [-0.25, -0.2) is 0 Å². The van der Waals surface area contributed by atoms with Crippen molar-refractivity contribution in [2.75, 3.05) is 0 Å². The first-order valence-corrected chi connectivity index (χ1v) is 7.28. The zero-order valence-electron chi connectivity index (χ0n) is 10.1. The number of hydrogen-bond donors (Lipinski definition) is 1. The van der Waals surface area contributed by atoms with Gasteiger partial charge in [-0.1, -0.05) is 30.7 Å². The number of halogens is 2. The second-order valence-electron chi connectivity index (χ2n) is 4.21. The summed E-state index contributed by atoms with van der Waals surface area (Å²) in [6.07, 6.45) is 4.72. The highest BCUT2D eigenvalue weighted by molar-refractivity contribution is 14.1. The predicted molar refractivity (Wildman–Crippen MR) is 82.8 cm³/mol. The maximum absolute atomic E-state index is 6.23. The third-order valence-corrected chi connectivity index (χ3v) is 3.71. The highest BCUT2D eigenvalue weighted by Gasteiger charge is 2.21. The third-order valence-electron chi connectivity index (χ3n) is 2.92. The van der Waals surface area contributed by atoms with E-state index in [4.69, 9.17) is 17.3 Å². The molecular formula is C13H15ClIN3. The molecule has 0 amide bonds. The number of aromatic nitrogens is 2. The quantitative estimate of drug-likeness (QED) is 0.832. The molecule has 0 aliphatic heterocycles. The fraction of sp³-hybridized carbons (Fsp3) is 0.308. The van der Waals surface area contributed by atoms with E-state index in [9.17, 15) is 0 Å². The molecule has 0 spiro atoms. The van der Waals surface area contributed by atoms with E-state index in [0.717, 1.165) is 20.6 Å². The van der Waals surface area contributed by atoms with Gasteiger partial charge in [0.15, 0.2) is 0 Å². The first kappa shape index (κ1) is 13.8. The van der Waals surface area contributed by atoms with Crippen LogP contribution in [0.4, 0.5) is 0 Å². The first-order valence-electron chi connectivity index (χ1n) is 5.82. The Bertz CT molecular complexity index is 526. The lowest BCUT2D eigenvalue weighted by atomic mass is 9.98. The zero-order chi connectivity index (χ0) is 13.1. The van der Waals surface area contributed by atoms with Gasteiger partial charge in [0.25, 0.3) is 0 Å². The second kappa shape index (κ2) is 6.04. The van der Waals surface area contributed by atoms with Crippen molar-refractivity contribution in [3.8, 4) is 0 Å². The lowest BCUT2D eigenvalue weighted by Crippen LogP contribution is -2.32. The van der Waals surface area contributed by atoms with Gasteiger partial charge < -0.3 is 5.73 Å². The van der Waals surface area contributed by atoms with E-state index in [2.05, 4.69) is 34.6 Å². The normalized spacial score (nSPS) is 14.4. The molecule has 0 saturated heterocycles. The molecule has 2 rings (SSSR count). The Morgan fingerprint density at radius 2 is 2.28 bits per heavy atom. The van der Waals surface area contributed by atoms with Gasteiger partial charge in [0, 0.05) is 17.3 Å². The Morgan fingerprint density at radius 1 is 1.50 bits per heavy atom. The molecule has 2 N–H and O–H groups in total. The Hall–Kier alpha value is -0.590. The smallest absolute Gasteiger partial charge is 0.0920 e. The van der Waals surface area contributed by atoms with Gasteiger partial charge in [0.05, 0.1) is 15.8 Å². The van der Waals surface area contributed by atoms with Gasteiger partial charge in [-0.3, -0.25) is 4.68 Å². The summed E-state index contributed by atoms with van der Waals surface area (Å²) < 4.78 is 3.02. The number of hydrogen-bond acceptors (Lipinski definition) is 2. The highest BCUT2D eigenvalue weighted by atomic mass is 127. The molecule has 0 aliphatic rings. The van der Waals surface area contributed by atoms with Gasteiger partial charge in [-0.05, 0) is 46.7 Å². The van der Waals surface area contributed by atoms with Crippen molar-refractivity contribution >= 4 is 34.2 Å². The maximum Gasteiger partial charge on any atom is 0.0920 e. The van der Waals surface area contributed by atoms with Crippen molar-refractivity contribution in [2.45, 2.75) is 25.4 Å². The SMILES string of the molecule is CCC(N)C(c1cccc(Cl)c1)n1cc(I)cn1. The van der Waals surface area contributed by atoms with E-state index in [1.807, 2.05) is 41.3 Å². The molecule has 0 saturated carbocycles. The predicted octanol–water partition coefficient (Wildman–Crippen LogP) is 3.47. The molecule has 2 atom stereocenters. The van der Waals surface area contributed by atoms with Gasteiger partial charge in [0.2, 0.25) is 0 Å². The topological polar surface area (TPSA) is 43.8 Å². The molecular weight excluding hydrogens is 361 g/mol. The molecule has 0 aliphatic carbocycles. The summed E-state index contributed by atoms with van der Waals surface area (Å²) in [5.74, 6) is 0. The average molecular weight is 376 g/mol. The van der Waals surface area contributed by atoms with Crippen molar-refractivity contribution in [3.05, 3.63) is 50.8 Å². The van der Waals surface area contributed by atoms with Gasteiger partial charge in [-0.2, -0.15) is 5.10 Å². The van der Waals surface area contributed by atoms with E-state index < -0.39 is 0 Å². The van der Waals surface area contributed by atoms with E-state index >= 15 is 0 Å². The molecule has 96 valence electrons. The summed E-state index contributed by atoms with van der Waals surface area (Å²) in [5.41, 5.74) is 7.33. The van der Waals surface area contributed by atoms with Gasteiger partial charge in [-0.15, -0.1) is 0 Å².